The van der Waals surface area contributed by atoms with Crippen molar-refractivity contribution in [3.8, 4) is 0 Å². The highest BCUT2D eigenvalue weighted by Crippen LogP contribution is 2.10. The van der Waals surface area contributed by atoms with Gasteiger partial charge in [0.2, 0.25) is 0 Å². The molecule has 0 aromatic heterocycles. The predicted molar refractivity (Wildman–Crippen MR) is 51.8 cm³/mol. The number of aliphatic hydroxyl groups is 2. The highest BCUT2D eigenvalue weighted by Gasteiger charge is 2.13. The maximum Gasteiger partial charge on any atom is 0.0693 e. The van der Waals surface area contributed by atoms with Crippen molar-refractivity contribution in [1.29, 1.82) is 0 Å². The van der Waals surface area contributed by atoms with Crippen LogP contribution in [0.25, 0.3) is 0 Å². The Labute approximate surface area is 80.5 Å². The van der Waals surface area contributed by atoms with E-state index >= 15 is 0 Å². The van der Waals surface area contributed by atoms with Crippen LogP contribution in [-0.2, 0) is 9.47 Å². The first kappa shape index (κ1) is 15.3. The first-order valence-corrected chi connectivity index (χ1v) is 4.30. The Kier molecular flexibility index (Phi) is 11.7. The van der Waals surface area contributed by atoms with E-state index in [1.54, 1.807) is 14.2 Å². The second-order valence-corrected chi connectivity index (χ2v) is 3.15. The van der Waals surface area contributed by atoms with Crippen molar-refractivity contribution in [2.75, 3.05) is 34.0 Å². The van der Waals surface area contributed by atoms with Crippen molar-refractivity contribution in [2.24, 2.45) is 0 Å². The third-order valence-corrected chi connectivity index (χ3v) is 1.56. The van der Waals surface area contributed by atoms with Gasteiger partial charge < -0.3 is 19.7 Å². The van der Waals surface area contributed by atoms with Crippen LogP contribution in [-0.4, -0.2) is 49.9 Å². The molecule has 82 valence electrons. The van der Waals surface area contributed by atoms with Gasteiger partial charge in [0.15, 0.2) is 0 Å². The second-order valence-electron chi connectivity index (χ2n) is 3.15. The van der Waals surface area contributed by atoms with Crippen LogP contribution >= 0.6 is 0 Å². The molecular weight excluding hydrogens is 172 g/mol. The van der Waals surface area contributed by atoms with E-state index in [9.17, 15) is 0 Å². The maximum atomic E-state index is 8.45. The lowest BCUT2D eigenvalue weighted by Crippen LogP contribution is -2.23. The van der Waals surface area contributed by atoms with Gasteiger partial charge in [-0.15, -0.1) is 0 Å². The number of hydrogen-bond donors (Lipinski definition) is 2. The number of ether oxygens (including phenoxy) is 2. The molecule has 0 aliphatic carbocycles. The molecule has 0 heterocycles. The van der Waals surface area contributed by atoms with Crippen LogP contribution in [0, 0.1) is 0 Å². The molecule has 0 fully saturated rings. The summed E-state index contributed by atoms with van der Waals surface area (Å²) in [6.07, 6.45) is 0.698. The summed E-state index contributed by atoms with van der Waals surface area (Å²) < 4.78 is 9.46. The molecule has 4 nitrogen and oxygen atoms in total. The summed E-state index contributed by atoms with van der Waals surface area (Å²) in [5, 5.41) is 16.4. The molecule has 0 aliphatic heterocycles. The summed E-state index contributed by atoms with van der Waals surface area (Å²) in [4.78, 5) is 0. The van der Waals surface area contributed by atoms with Gasteiger partial charge in [-0.25, -0.2) is 0 Å². The normalized spacial score (nSPS) is 10.6. The monoisotopic (exact) mass is 194 g/mol. The molecule has 0 unspecified atom stereocenters. The highest BCUT2D eigenvalue weighted by molar-refractivity contribution is 4.65. The molecule has 13 heavy (non-hydrogen) atoms. The molecule has 0 bridgehead atoms. The molecule has 0 spiro atoms. The Balaban J connectivity index is 0. The third-order valence-electron chi connectivity index (χ3n) is 1.56. The van der Waals surface area contributed by atoms with Crippen molar-refractivity contribution in [3.63, 3.8) is 0 Å². The van der Waals surface area contributed by atoms with Crippen molar-refractivity contribution >= 4 is 0 Å². The fourth-order valence-corrected chi connectivity index (χ4v) is 0.463. The fourth-order valence-electron chi connectivity index (χ4n) is 0.463. The van der Waals surface area contributed by atoms with Crippen molar-refractivity contribution < 1.29 is 19.7 Å². The van der Waals surface area contributed by atoms with Crippen LogP contribution in [0.1, 0.15) is 20.3 Å². The van der Waals surface area contributed by atoms with Gasteiger partial charge in [0.1, 0.15) is 0 Å². The lowest BCUT2D eigenvalue weighted by atomic mass is 10.1. The van der Waals surface area contributed by atoms with Crippen molar-refractivity contribution in [1.82, 2.24) is 0 Å². The van der Waals surface area contributed by atoms with E-state index in [0.29, 0.717) is 13.0 Å². The minimum atomic E-state index is -0.158. The van der Waals surface area contributed by atoms with E-state index < -0.39 is 0 Å². The van der Waals surface area contributed by atoms with E-state index in [1.807, 2.05) is 13.8 Å². The fraction of sp³-hybridized carbons (Fsp3) is 1.00. The first-order chi connectivity index (χ1) is 6.04. The van der Waals surface area contributed by atoms with E-state index in [4.69, 9.17) is 14.9 Å². The molecule has 0 aromatic rings. The van der Waals surface area contributed by atoms with Gasteiger partial charge in [0, 0.05) is 20.8 Å². The number of aliphatic hydroxyl groups excluding tert-OH is 2. The highest BCUT2D eigenvalue weighted by atomic mass is 16.5. The number of rotatable bonds is 5. The van der Waals surface area contributed by atoms with Crippen molar-refractivity contribution in [2.45, 2.75) is 25.9 Å². The smallest absolute Gasteiger partial charge is 0.0693 e. The van der Waals surface area contributed by atoms with E-state index in [1.165, 1.54) is 0 Å². The number of hydrogen-bond acceptors (Lipinski definition) is 4. The molecule has 0 amide bonds. The molecule has 0 saturated carbocycles. The van der Waals surface area contributed by atoms with Gasteiger partial charge in [0.25, 0.3) is 0 Å². The summed E-state index contributed by atoms with van der Waals surface area (Å²) >= 11 is 0. The molecule has 0 atom stereocenters. The standard InChI is InChI=1S/C6H14O2.C3H8O2/c1-6(2,8-3)4-5-7;1-5-3-2-4/h7H,4-5H2,1-3H3;4H,2-3H2,1H3. The summed E-state index contributed by atoms with van der Waals surface area (Å²) in [5.41, 5.74) is -0.158. The molecule has 0 rings (SSSR count). The quantitative estimate of drug-likeness (QED) is 0.666. The Morgan fingerprint density at radius 2 is 1.62 bits per heavy atom. The molecule has 2 N–H and O–H groups in total. The van der Waals surface area contributed by atoms with Crippen LogP contribution in [0.5, 0.6) is 0 Å². The zero-order valence-electron chi connectivity index (χ0n) is 9.04. The van der Waals surface area contributed by atoms with Gasteiger partial charge in [0.05, 0.1) is 18.8 Å². The van der Waals surface area contributed by atoms with E-state index in [0.717, 1.165) is 0 Å². The molecule has 0 radical (unpaired) electrons. The average molecular weight is 194 g/mol. The minimum Gasteiger partial charge on any atom is -0.396 e. The van der Waals surface area contributed by atoms with Gasteiger partial charge in [-0.05, 0) is 20.3 Å². The third kappa shape index (κ3) is 14.7. The SMILES string of the molecule is COC(C)(C)CCO.COCCO. The Morgan fingerprint density at radius 1 is 1.08 bits per heavy atom. The molecule has 0 aliphatic rings. The van der Waals surface area contributed by atoms with E-state index in [-0.39, 0.29) is 18.8 Å². The molecule has 0 saturated heterocycles. The maximum absolute atomic E-state index is 8.45. The van der Waals surface area contributed by atoms with Crippen LogP contribution < -0.4 is 0 Å². The predicted octanol–water partition coefficient (Wildman–Crippen LogP) is 0.419. The minimum absolute atomic E-state index is 0.122. The average Bonchev–Trinajstić information content (AvgIpc) is 2.07. The van der Waals surface area contributed by atoms with Gasteiger partial charge in [-0.1, -0.05) is 0 Å². The lowest BCUT2D eigenvalue weighted by molar-refractivity contribution is 0.00293. The van der Waals surface area contributed by atoms with E-state index in [2.05, 4.69) is 4.74 Å². The molecular formula is C9H22O4. The van der Waals surface area contributed by atoms with Gasteiger partial charge in [-0.2, -0.15) is 0 Å². The van der Waals surface area contributed by atoms with Crippen LogP contribution in [0.4, 0.5) is 0 Å². The largest absolute Gasteiger partial charge is 0.396 e. The van der Waals surface area contributed by atoms with Crippen LogP contribution in [0.3, 0.4) is 0 Å². The lowest BCUT2D eigenvalue weighted by Gasteiger charge is -2.20. The van der Waals surface area contributed by atoms with Gasteiger partial charge >= 0.3 is 0 Å². The first-order valence-electron chi connectivity index (χ1n) is 4.30. The molecule has 4 heteroatoms. The number of methoxy groups -OCH3 is 2. The zero-order valence-corrected chi connectivity index (χ0v) is 9.04. The topological polar surface area (TPSA) is 58.9 Å². The summed E-state index contributed by atoms with van der Waals surface area (Å²) in [7, 11) is 3.20. The zero-order chi connectivity index (χ0) is 10.7. The Bertz CT molecular complexity index is 91.6. The summed E-state index contributed by atoms with van der Waals surface area (Å²) in [6, 6.07) is 0. The Hall–Kier alpha value is -0.160. The van der Waals surface area contributed by atoms with Crippen LogP contribution in [0.15, 0.2) is 0 Å². The van der Waals surface area contributed by atoms with Gasteiger partial charge in [-0.3, -0.25) is 0 Å². The van der Waals surface area contributed by atoms with Crippen LogP contribution in [0.2, 0.25) is 0 Å². The Morgan fingerprint density at radius 3 is 1.69 bits per heavy atom. The summed E-state index contributed by atoms with van der Waals surface area (Å²) in [5.74, 6) is 0. The second kappa shape index (κ2) is 9.92. The van der Waals surface area contributed by atoms with Crippen molar-refractivity contribution in [3.05, 3.63) is 0 Å². The molecule has 0 aromatic carbocycles. The summed E-state index contributed by atoms with van der Waals surface area (Å²) in [6.45, 7) is 4.66.